The normalized spacial score (nSPS) is 12.5. The number of carboxylic acids is 1. The third kappa shape index (κ3) is 4.85. The standard InChI is InChI=1S/C14H19Cl2NO3/c1-8(2)4-12(14(18)19)17-7-9-5-10(15)6-11(16)13(9)20-3/h5-6,8,12,17H,4,7H2,1-3H3,(H,18,19)/t12-/m1/s1. The van der Waals surface area contributed by atoms with Gasteiger partial charge in [0.25, 0.3) is 0 Å². The van der Waals surface area contributed by atoms with Gasteiger partial charge in [-0.2, -0.15) is 0 Å². The highest BCUT2D eigenvalue weighted by molar-refractivity contribution is 6.35. The number of hydrogen-bond donors (Lipinski definition) is 2. The molecule has 6 heteroatoms. The highest BCUT2D eigenvalue weighted by atomic mass is 35.5. The lowest BCUT2D eigenvalue weighted by Gasteiger charge is -2.18. The van der Waals surface area contributed by atoms with Crippen LogP contribution in [0.4, 0.5) is 0 Å². The third-order valence-corrected chi connectivity index (χ3v) is 3.33. The molecule has 1 rings (SSSR count). The van der Waals surface area contributed by atoms with Crippen molar-refractivity contribution < 1.29 is 14.6 Å². The summed E-state index contributed by atoms with van der Waals surface area (Å²) < 4.78 is 5.23. The smallest absolute Gasteiger partial charge is 0.320 e. The molecule has 20 heavy (non-hydrogen) atoms. The molecule has 0 fully saturated rings. The van der Waals surface area contributed by atoms with E-state index in [1.165, 1.54) is 7.11 Å². The van der Waals surface area contributed by atoms with E-state index < -0.39 is 12.0 Å². The summed E-state index contributed by atoms with van der Waals surface area (Å²) in [6.45, 7) is 4.29. The first-order valence-corrected chi connectivity index (χ1v) is 7.08. The number of nitrogens with one attached hydrogen (secondary N) is 1. The van der Waals surface area contributed by atoms with Gasteiger partial charge in [-0.3, -0.25) is 4.79 Å². The van der Waals surface area contributed by atoms with Gasteiger partial charge in [0.1, 0.15) is 11.8 Å². The number of methoxy groups -OCH3 is 1. The molecule has 112 valence electrons. The molecule has 0 aliphatic carbocycles. The van der Waals surface area contributed by atoms with Crippen LogP contribution in [0.3, 0.4) is 0 Å². The van der Waals surface area contributed by atoms with Crippen molar-refractivity contribution in [2.75, 3.05) is 7.11 Å². The zero-order valence-corrected chi connectivity index (χ0v) is 13.3. The fraction of sp³-hybridized carbons (Fsp3) is 0.500. The van der Waals surface area contributed by atoms with Crippen molar-refractivity contribution in [1.29, 1.82) is 0 Å². The summed E-state index contributed by atoms with van der Waals surface area (Å²) in [5, 5.41) is 13.1. The maximum atomic E-state index is 11.2. The topological polar surface area (TPSA) is 58.6 Å². The molecule has 0 aliphatic rings. The van der Waals surface area contributed by atoms with E-state index in [-0.39, 0.29) is 5.92 Å². The molecule has 0 saturated heterocycles. The van der Waals surface area contributed by atoms with Crippen LogP contribution in [-0.2, 0) is 11.3 Å². The number of benzene rings is 1. The highest BCUT2D eigenvalue weighted by Crippen LogP contribution is 2.32. The van der Waals surface area contributed by atoms with Gasteiger partial charge in [-0.1, -0.05) is 37.0 Å². The Bertz CT molecular complexity index is 478. The summed E-state index contributed by atoms with van der Waals surface area (Å²) in [4.78, 5) is 11.2. The summed E-state index contributed by atoms with van der Waals surface area (Å²) in [6, 6.07) is 2.69. The summed E-state index contributed by atoms with van der Waals surface area (Å²) in [7, 11) is 1.52. The second kappa shape index (κ2) is 7.72. The first-order chi connectivity index (χ1) is 9.35. The van der Waals surface area contributed by atoms with Gasteiger partial charge < -0.3 is 15.2 Å². The Hall–Kier alpha value is -0.970. The largest absolute Gasteiger partial charge is 0.495 e. The minimum absolute atomic E-state index is 0.286. The van der Waals surface area contributed by atoms with Crippen molar-refractivity contribution >= 4 is 29.2 Å². The van der Waals surface area contributed by atoms with Gasteiger partial charge in [0, 0.05) is 17.1 Å². The van der Waals surface area contributed by atoms with Crippen LogP contribution in [0.25, 0.3) is 0 Å². The SMILES string of the molecule is COc1c(Cl)cc(Cl)cc1CN[C@H](CC(C)C)C(=O)O. The average Bonchev–Trinajstić information content (AvgIpc) is 2.33. The van der Waals surface area contributed by atoms with Gasteiger partial charge >= 0.3 is 5.97 Å². The van der Waals surface area contributed by atoms with E-state index in [2.05, 4.69) is 5.32 Å². The van der Waals surface area contributed by atoms with Crippen LogP contribution in [0.5, 0.6) is 5.75 Å². The molecule has 4 nitrogen and oxygen atoms in total. The lowest BCUT2D eigenvalue weighted by Crippen LogP contribution is -2.37. The fourth-order valence-corrected chi connectivity index (χ4v) is 2.56. The van der Waals surface area contributed by atoms with E-state index in [0.717, 1.165) is 5.56 Å². The van der Waals surface area contributed by atoms with Crippen LogP contribution in [0.15, 0.2) is 12.1 Å². The molecule has 0 heterocycles. The number of carboxylic acid groups (broad SMARTS) is 1. The van der Waals surface area contributed by atoms with E-state index >= 15 is 0 Å². The van der Waals surface area contributed by atoms with Crippen molar-refractivity contribution in [3.8, 4) is 5.75 Å². The molecular weight excluding hydrogens is 301 g/mol. The Morgan fingerprint density at radius 1 is 1.40 bits per heavy atom. The lowest BCUT2D eigenvalue weighted by atomic mass is 10.0. The number of carbonyl (C=O) groups is 1. The number of aliphatic carboxylic acids is 1. The molecule has 0 radical (unpaired) electrons. The lowest BCUT2D eigenvalue weighted by molar-refractivity contribution is -0.140. The zero-order valence-electron chi connectivity index (χ0n) is 11.7. The van der Waals surface area contributed by atoms with E-state index in [1.54, 1.807) is 12.1 Å². The van der Waals surface area contributed by atoms with Crippen molar-refractivity contribution in [2.45, 2.75) is 32.9 Å². The van der Waals surface area contributed by atoms with Gasteiger partial charge in [0.05, 0.1) is 12.1 Å². The summed E-state index contributed by atoms with van der Waals surface area (Å²) in [6.07, 6.45) is 0.548. The minimum atomic E-state index is -0.870. The predicted molar refractivity (Wildman–Crippen MR) is 80.7 cm³/mol. The van der Waals surface area contributed by atoms with Gasteiger partial charge in [0.15, 0.2) is 0 Å². The van der Waals surface area contributed by atoms with Gasteiger partial charge in [0.2, 0.25) is 0 Å². The molecule has 0 aromatic heterocycles. The molecule has 0 spiro atoms. The summed E-state index contributed by atoms with van der Waals surface area (Å²) >= 11 is 12.0. The second-order valence-electron chi connectivity index (χ2n) is 4.98. The Morgan fingerprint density at radius 3 is 2.55 bits per heavy atom. The number of halogens is 2. The van der Waals surface area contributed by atoms with Crippen molar-refractivity contribution in [3.05, 3.63) is 27.7 Å². The maximum Gasteiger partial charge on any atom is 0.320 e. The molecule has 2 N–H and O–H groups in total. The van der Waals surface area contributed by atoms with Crippen LogP contribution < -0.4 is 10.1 Å². The highest BCUT2D eigenvalue weighted by Gasteiger charge is 2.19. The summed E-state index contributed by atoms with van der Waals surface area (Å²) in [5.74, 6) is -0.0727. The molecule has 1 atom stereocenters. The van der Waals surface area contributed by atoms with Crippen LogP contribution in [0.1, 0.15) is 25.8 Å². The molecule has 1 aromatic rings. The Labute approximate surface area is 129 Å². The molecular formula is C14H19Cl2NO3. The minimum Gasteiger partial charge on any atom is -0.495 e. The molecule has 0 aliphatic heterocycles. The van der Waals surface area contributed by atoms with Gasteiger partial charge in [-0.25, -0.2) is 0 Å². The number of rotatable bonds is 7. The van der Waals surface area contributed by atoms with Crippen molar-refractivity contribution in [3.63, 3.8) is 0 Å². The number of hydrogen-bond acceptors (Lipinski definition) is 3. The first-order valence-electron chi connectivity index (χ1n) is 6.33. The first kappa shape index (κ1) is 17.1. The quantitative estimate of drug-likeness (QED) is 0.806. The van der Waals surface area contributed by atoms with Crippen LogP contribution in [0.2, 0.25) is 10.0 Å². The molecule has 1 aromatic carbocycles. The molecule has 0 saturated carbocycles. The van der Waals surface area contributed by atoms with E-state index in [9.17, 15) is 9.90 Å². The Morgan fingerprint density at radius 2 is 2.05 bits per heavy atom. The zero-order chi connectivity index (χ0) is 15.3. The van der Waals surface area contributed by atoms with E-state index in [0.29, 0.717) is 28.8 Å². The van der Waals surface area contributed by atoms with E-state index in [4.69, 9.17) is 27.9 Å². The van der Waals surface area contributed by atoms with Crippen molar-refractivity contribution in [2.24, 2.45) is 5.92 Å². The third-order valence-electron chi connectivity index (χ3n) is 2.83. The predicted octanol–water partition coefficient (Wildman–Crippen LogP) is 3.59. The second-order valence-corrected chi connectivity index (χ2v) is 5.82. The molecule has 0 amide bonds. The van der Waals surface area contributed by atoms with Crippen LogP contribution in [0, 0.1) is 5.92 Å². The summed E-state index contributed by atoms with van der Waals surface area (Å²) in [5.41, 5.74) is 0.736. The molecule has 0 bridgehead atoms. The monoisotopic (exact) mass is 319 g/mol. The fourth-order valence-electron chi connectivity index (χ4n) is 1.95. The maximum absolute atomic E-state index is 11.2. The average molecular weight is 320 g/mol. The Balaban J connectivity index is 2.84. The Kier molecular flexibility index (Phi) is 6.59. The van der Waals surface area contributed by atoms with E-state index in [1.807, 2.05) is 13.8 Å². The van der Waals surface area contributed by atoms with Gasteiger partial charge in [-0.15, -0.1) is 0 Å². The van der Waals surface area contributed by atoms with Gasteiger partial charge in [-0.05, 0) is 24.5 Å². The van der Waals surface area contributed by atoms with Crippen LogP contribution >= 0.6 is 23.2 Å². The number of ether oxygens (including phenoxy) is 1. The molecule has 0 unspecified atom stereocenters. The van der Waals surface area contributed by atoms with Crippen LogP contribution in [-0.4, -0.2) is 24.2 Å². The van der Waals surface area contributed by atoms with Crippen molar-refractivity contribution in [1.82, 2.24) is 5.32 Å².